The minimum Gasteiger partial charge on any atom is -0.508 e. The van der Waals surface area contributed by atoms with E-state index in [1.807, 2.05) is 12.1 Å². The van der Waals surface area contributed by atoms with E-state index in [0.29, 0.717) is 12.2 Å². The van der Waals surface area contributed by atoms with Crippen LogP contribution in [0.3, 0.4) is 0 Å². The summed E-state index contributed by atoms with van der Waals surface area (Å²) in [6, 6.07) is 11.2. The molecule has 1 saturated heterocycles. The number of aromatic hydroxyl groups is 1. The second-order valence-electron chi connectivity index (χ2n) is 8.74. The van der Waals surface area contributed by atoms with E-state index in [2.05, 4.69) is 21.2 Å². The molecule has 1 aliphatic heterocycles. The van der Waals surface area contributed by atoms with E-state index in [9.17, 15) is 15.0 Å². The molecule has 4 rings (SSSR count). The van der Waals surface area contributed by atoms with Crippen LogP contribution in [0.15, 0.2) is 36.4 Å². The predicted molar refractivity (Wildman–Crippen MR) is 126 cm³/mol. The highest BCUT2D eigenvalue weighted by molar-refractivity contribution is 5.93. The number of hydrogen-bond donors (Lipinski definition) is 3. The van der Waals surface area contributed by atoms with Crippen LogP contribution in [-0.2, 0) is 17.6 Å². The van der Waals surface area contributed by atoms with Gasteiger partial charge in [-0.25, -0.2) is 0 Å². The van der Waals surface area contributed by atoms with E-state index in [1.165, 1.54) is 30.9 Å². The van der Waals surface area contributed by atoms with E-state index >= 15 is 0 Å². The second-order valence-corrected chi connectivity index (χ2v) is 8.74. The number of amides is 1. The van der Waals surface area contributed by atoms with Gasteiger partial charge in [0.05, 0.1) is 11.4 Å². The van der Waals surface area contributed by atoms with Gasteiger partial charge in [-0.05, 0) is 55.0 Å². The number of nitrogens with zero attached hydrogens (tertiary/aromatic N) is 2. The number of hydrogen-bond acceptors (Lipinski definition) is 6. The molecule has 7 heteroatoms. The molecule has 2 aliphatic rings. The predicted octanol–water partition coefficient (Wildman–Crippen LogP) is 2.79. The van der Waals surface area contributed by atoms with Crippen molar-refractivity contribution in [2.24, 2.45) is 0 Å². The Morgan fingerprint density at radius 3 is 2.69 bits per heavy atom. The highest BCUT2D eigenvalue weighted by Gasteiger charge is 2.22. The minimum absolute atomic E-state index is 0.140. The summed E-state index contributed by atoms with van der Waals surface area (Å²) in [7, 11) is 0. The third-order valence-electron chi connectivity index (χ3n) is 6.26. The first-order valence-corrected chi connectivity index (χ1v) is 11.5. The van der Waals surface area contributed by atoms with E-state index in [-0.39, 0.29) is 18.3 Å². The summed E-state index contributed by atoms with van der Waals surface area (Å²) in [4.78, 5) is 15.9. The number of piperazine rings is 1. The molecule has 0 bridgehead atoms. The SMILES string of the molecule is CC(=O)Nc1ccc(O)cc1N1CCN(CC(O)COc2cccc3c2CCCC3)CC1. The average molecular weight is 440 g/mol. The van der Waals surface area contributed by atoms with Gasteiger partial charge in [0, 0.05) is 45.7 Å². The molecule has 0 saturated carbocycles. The fraction of sp³-hybridized carbons (Fsp3) is 0.480. The Hall–Kier alpha value is -2.77. The van der Waals surface area contributed by atoms with Crippen molar-refractivity contribution >= 4 is 17.3 Å². The summed E-state index contributed by atoms with van der Waals surface area (Å²) in [5.74, 6) is 0.950. The first-order valence-electron chi connectivity index (χ1n) is 11.5. The fourth-order valence-corrected chi connectivity index (χ4v) is 4.67. The molecule has 1 fully saturated rings. The topological polar surface area (TPSA) is 85.3 Å². The Kier molecular flexibility index (Phi) is 7.17. The van der Waals surface area contributed by atoms with Gasteiger partial charge in [-0.2, -0.15) is 0 Å². The number of aryl methyl sites for hydroxylation is 1. The number of phenolic OH excluding ortho intramolecular Hbond substituents is 1. The molecule has 7 nitrogen and oxygen atoms in total. The number of rotatable bonds is 7. The van der Waals surface area contributed by atoms with Crippen molar-refractivity contribution in [1.29, 1.82) is 0 Å². The molecule has 1 unspecified atom stereocenters. The first kappa shape index (κ1) is 22.4. The van der Waals surface area contributed by atoms with Crippen LogP contribution in [0.5, 0.6) is 11.5 Å². The van der Waals surface area contributed by atoms with Crippen LogP contribution in [-0.4, -0.2) is 66.5 Å². The average Bonchev–Trinajstić information content (AvgIpc) is 2.79. The summed E-state index contributed by atoms with van der Waals surface area (Å²) in [6.45, 7) is 5.38. The van der Waals surface area contributed by atoms with Crippen molar-refractivity contribution in [2.75, 3.05) is 49.5 Å². The molecule has 0 spiro atoms. The smallest absolute Gasteiger partial charge is 0.221 e. The van der Waals surface area contributed by atoms with Crippen LogP contribution in [0, 0.1) is 0 Å². The van der Waals surface area contributed by atoms with E-state index in [4.69, 9.17) is 4.74 Å². The monoisotopic (exact) mass is 439 g/mol. The molecular formula is C25H33N3O4. The first-order chi connectivity index (χ1) is 15.5. The van der Waals surface area contributed by atoms with Crippen LogP contribution in [0.25, 0.3) is 0 Å². The number of anilines is 2. The summed E-state index contributed by atoms with van der Waals surface area (Å²) in [5, 5.41) is 23.3. The van der Waals surface area contributed by atoms with Gasteiger partial charge in [-0.1, -0.05) is 12.1 Å². The minimum atomic E-state index is -0.559. The van der Waals surface area contributed by atoms with Crippen molar-refractivity contribution in [3.05, 3.63) is 47.5 Å². The lowest BCUT2D eigenvalue weighted by Gasteiger charge is -2.37. The Labute approximate surface area is 189 Å². The molecule has 1 amide bonds. The highest BCUT2D eigenvalue weighted by Crippen LogP contribution is 2.31. The largest absolute Gasteiger partial charge is 0.508 e. The zero-order valence-electron chi connectivity index (χ0n) is 18.7. The van der Waals surface area contributed by atoms with E-state index in [0.717, 1.165) is 50.5 Å². The Morgan fingerprint density at radius 1 is 1.12 bits per heavy atom. The summed E-state index contributed by atoms with van der Waals surface area (Å²) in [5.41, 5.74) is 4.20. The van der Waals surface area contributed by atoms with Crippen LogP contribution in [0.1, 0.15) is 30.9 Å². The third-order valence-corrected chi connectivity index (χ3v) is 6.26. The van der Waals surface area contributed by atoms with Gasteiger partial charge in [0.1, 0.15) is 24.2 Å². The number of nitrogens with one attached hydrogen (secondary N) is 1. The molecule has 172 valence electrons. The highest BCUT2D eigenvalue weighted by atomic mass is 16.5. The maximum absolute atomic E-state index is 11.5. The lowest BCUT2D eigenvalue weighted by Crippen LogP contribution is -2.49. The molecule has 1 aliphatic carbocycles. The number of β-amino-alcohol motifs (C(OH)–C–C–N with tert-alkyl or cyclic N) is 1. The Bertz CT molecular complexity index is 941. The van der Waals surface area contributed by atoms with Crippen LogP contribution in [0.2, 0.25) is 0 Å². The molecule has 2 aromatic carbocycles. The van der Waals surface area contributed by atoms with Gasteiger partial charge in [-0.15, -0.1) is 0 Å². The maximum Gasteiger partial charge on any atom is 0.221 e. The number of carbonyl (C=O) groups is 1. The van der Waals surface area contributed by atoms with E-state index < -0.39 is 6.10 Å². The maximum atomic E-state index is 11.5. The Morgan fingerprint density at radius 2 is 1.91 bits per heavy atom. The van der Waals surface area contributed by atoms with Crippen molar-refractivity contribution in [3.8, 4) is 11.5 Å². The van der Waals surface area contributed by atoms with Gasteiger partial charge in [0.15, 0.2) is 0 Å². The number of fused-ring (bicyclic) bond motifs is 1. The molecule has 2 aromatic rings. The second kappa shape index (κ2) is 10.2. The normalized spacial score (nSPS) is 17.5. The number of aliphatic hydroxyl groups excluding tert-OH is 1. The quantitative estimate of drug-likeness (QED) is 0.576. The zero-order valence-corrected chi connectivity index (χ0v) is 18.7. The molecule has 1 atom stereocenters. The number of phenols is 1. The summed E-state index contributed by atoms with van der Waals surface area (Å²) >= 11 is 0. The fourth-order valence-electron chi connectivity index (χ4n) is 4.67. The number of benzene rings is 2. The molecule has 1 heterocycles. The molecular weight excluding hydrogens is 406 g/mol. The van der Waals surface area contributed by atoms with Crippen molar-refractivity contribution in [3.63, 3.8) is 0 Å². The number of ether oxygens (including phenoxy) is 1. The molecule has 0 radical (unpaired) electrons. The lowest BCUT2D eigenvalue weighted by molar-refractivity contribution is -0.114. The van der Waals surface area contributed by atoms with Gasteiger partial charge in [-0.3, -0.25) is 9.69 Å². The Balaban J connectivity index is 1.28. The van der Waals surface area contributed by atoms with Gasteiger partial charge < -0.3 is 25.2 Å². The molecule has 0 aromatic heterocycles. The zero-order chi connectivity index (χ0) is 22.5. The van der Waals surface area contributed by atoms with Crippen LogP contribution >= 0.6 is 0 Å². The van der Waals surface area contributed by atoms with Gasteiger partial charge >= 0.3 is 0 Å². The number of carbonyl (C=O) groups excluding carboxylic acids is 1. The summed E-state index contributed by atoms with van der Waals surface area (Å²) < 4.78 is 6.01. The van der Waals surface area contributed by atoms with E-state index in [1.54, 1.807) is 18.2 Å². The lowest BCUT2D eigenvalue weighted by atomic mass is 9.91. The van der Waals surface area contributed by atoms with Gasteiger partial charge in [0.2, 0.25) is 5.91 Å². The van der Waals surface area contributed by atoms with Crippen LogP contribution < -0.4 is 15.0 Å². The van der Waals surface area contributed by atoms with Crippen molar-refractivity contribution < 1.29 is 19.7 Å². The summed E-state index contributed by atoms with van der Waals surface area (Å²) in [6.07, 6.45) is 4.04. The van der Waals surface area contributed by atoms with Gasteiger partial charge in [0.25, 0.3) is 0 Å². The molecule has 3 N–H and O–H groups in total. The van der Waals surface area contributed by atoms with Crippen LogP contribution in [0.4, 0.5) is 11.4 Å². The molecule has 32 heavy (non-hydrogen) atoms. The number of aliphatic hydroxyl groups is 1. The standard InChI is InChI=1S/C25H33N3O4/c1-18(29)26-23-10-9-20(30)15-24(23)28-13-11-27(12-14-28)16-21(31)17-32-25-8-4-6-19-5-2-3-7-22(19)25/h4,6,8-10,15,21,30-31H,2-3,5,7,11-14,16-17H2,1H3,(H,26,29). The van der Waals surface area contributed by atoms with Crippen molar-refractivity contribution in [1.82, 2.24) is 4.90 Å². The van der Waals surface area contributed by atoms with Crippen molar-refractivity contribution in [2.45, 2.75) is 38.7 Å². The third kappa shape index (κ3) is 5.53.